The molecule has 1 fully saturated rings. The van der Waals surface area contributed by atoms with E-state index >= 15 is 0 Å². The lowest BCUT2D eigenvalue weighted by Crippen LogP contribution is -2.20. The Morgan fingerprint density at radius 3 is 2.71 bits per heavy atom. The first kappa shape index (κ1) is 13.5. The highest BCUT2D eigenvalue weighted by Crippen LogP contribution is 2.38. The third-order valence-electron chi connectivity index (χ3n) is 3.65. The van der Waals surface area contributed by atoms with Crippen LogP contribution in [0.5, 0.6) is 0 Å². The molecule has 2 nitrogen and oxygen atoms in total. The van der Waals surface area contributed by atoms with Crippen LogP contribution >= 0.6 is 0 Å². The van der Waals surface area contributed by atoms with Crippen molar-refractivity contribution in [1.29, 1.82) is 10.5 Å². The molecule has 1 aliphatic rings. The van der Waals surface area contributed by atoms with Gasteiger partial charge in [0, 0.05) is 0 Å². The van der Waals surface area contributed by atoms with Crippen LogP contribution in [0.2, 0.25) is 0 Å². The molecule has 2 atom stereocenters. The van der Waals surface area contributed by atoms with Crippen LogP contribution in [-0.4, -0.2) is 0 Å². The molecule has 90 valence electrons. The maximum Gasteiger partial charge on any atom is 0.129 e. The highest BCUT2D eigenvalue weighted by molar-refractivity contribution is 5.42. The summed E-state index contributed by atoms with van der Waals surface area (Å²) in [5.41, 5.74) is 1.43. The summed E-state index contributed by atoms with van der Waals surface area (Å²) >= 11 is 0. The summed E-state index contributed by atoms with van der Waals surface area (Å²) in [5, 5.41) is 18.0. The first-order chi connectivity index (χ1) is 8.28. The van der Waals surface area contributed by atoms with E-state index in [0.29, 0.717) is 17.4 Å². The SMILES string of the molecule is C=CC(CCC)[C@@H]1CCCCC1=C(C#N)C#N. The monoisotopic (exact) mass is 228 g/mol. The van der Waals surface area contributed by atoms with Crippen LogP contribution in [0.4, 0.5) is 0 Å². The number of allylic oxidation sites excluding steroid dienone is 3. The van der Waals surface area contributed by atoms with Crippen LogP contribution in [0.1, 0.15) is 45.4 Å². The minimum atomic E-state index is 0.345. The highest BCUT2D eigenvalue weighted by Gasteiger charge is 2.27. The molecule has 0 bridgehead atoms. The third kappa shape index (κ3) is 3.21. The summed E-state index contributed by atoms with van der Waals surface area (Å²) in [5.74, 6) is 0.794. The van der Waals surface area contributed by atoms with Crippen molar-refractivity contribution in [2.75, 3.05) is 0 Å². The standard InChI is InChI=1S/C15H20N2/c1-3-7-12(4-2)14-8-5-6-9-15(14)13(10-16)11-17/h4,12,14H,2-3,5-9H2,1H3/t12?,14-/m0/s1. The number of hydrogen-bond donors (Lipinski definition) is 0. The van der Waals surface area contributed by atoms with Gasteiger partial charge >= 0.3 is 0 Å². The van der Waals surface area contributed by atoms with Gasteiger partial charge in [-0.2, -0.15) is 10.5 Å². The molecular formula is C15H20N2. The lowest BCUT2D eigenvalue weighted by atomic mass is 9.73. The van der Waals surface area contributed by atoms with Crippen LogP contribution in [0.25, 0.3) is 0 Å². The van der Waals surface area contributed by atoms with E-state index in [0.717, 1.165) is 37.7 Å². The van der Waals surface area contributed by atoms with Crippen LogP contribution in [0, 0.1) is 34.5 Å². The van der Waals surface area contributed by atoms with Crippen LogP contribution < -0.4 is 0 Å². The molecule has 2 heteroatoms. The van der Waals surface area contributed by atoms with Gasteiger partial charge in [-0.15, -0.1) is 6.58 Å². The van der Waals surface area contributed by atoms with Crippen molar-refractivity contribution < 1.29 is 0 Å². The molecule has 1 rings (SSSR count). The second-order valence-corrected chi connectivity index (χ2v) is 4.66. The normalized spacial score (nSPS) is 21.1. The highest BCUT2D eigenvalue weighted by atomic mass is 14.3. The lowest BCUT2D eigenvalue weighted by Gasteiger charge is -2.31. The fourth-order valence-corrected chi connectivity index (χ4v) is 2.81. The van der Waals surface area contributed by atoms with E-state index in [1.165, 1.54) is 6.42 Å². The van der Waals surface area contributed by atoms with E-state index in [1.807, 2.05) is 6.08 Å². The molecule has 0 N–H and O–H groups in total. The topological polar surface area (TPSA) is 47.6 Å². The fourth-order valence-electron chi connectivity index (χ4n) is 2.81. The van der Waals surface area contributed by atoms with E-state index < -0.39 is 0 Å². The Kier molecular flexibility index (Phi) is 5.50. The molecule has 0 aliphatic heterocycles. The molecule has 1 saturated carbocycles. The second kappa shape index (κ2) is 6.92. The largest absolute Gasteiger partial charge is 0.192 e. The zero-order valence-corrected chi connectivity index (χ0v) is 10.6. The van der Waals surface area contributed by atoms with E-state index in [9.17, 15) is 0 Å². The Morgan fingerprint density at radius 2 is 2.18 bits per heavy atom. The van der Waals surface area contributed by atoms with Gasteiger partial charge < -0.3 is 0 Å². The smallest absolute Gasteiger partial charge is 0.129 e. The fraction of sp³-hybridized carbons (Fsp3) is 0.600. The molecule has 0 radical (unpaired) electrons. The van der Waals surface area contributed by atoms with Crippen molar-refractivity contribution in [2.45, 2.75) is 45.4 Å². The van der Waals surface area contributed by atoms with Gasteiger partial charge in [-0.1, -0.05) is 25.8 Å². The molecule has 0 spiro atoms. The average molecular weight is 228 g/mol. The quantitative estimate of drug-likeness (QED) is 0.536. The van der Waals surface area contributed by atoms with Gasteiger partial charge in [-0.3, -0.25) is 0 Å². The summed E-state index contributed by atoms with van der Waals surface area (Å²) in [4.78, 5) is 0. The second-order valence-electron chi connectivity index (χ2n) is 4.66. The third-order valence-corrected chi connectivity index (χ3v) is 3.65. The van der Waals surface area contributed by atoms with Gasteiger partial charge in [0.05, 0.1) is 0 Å². The van der Waals surface area contributed by atoms with E-state index in [-0.39, 0.29) is 0 Å². The number of nitrogens with zero attached hydrogens (tertiary/aromatic N) is 2. The molecular weight excluding hydrogens is 208 g/mol. The van der Waals surface area contributed by atoms with Crippen LogP contribution in [-0.2, 0) is 0 Å². The van der Waals surface area contributed by atoms with Crippen molar-refractivity contribution in [2.24, 2.45) is 11.8 Å². The zero-order valence-electron chi connectivity index (χ0n) is 10.6. The lowest BCUT2D eigenvalue weighted by molar-refractivity contribution is 0.346. The summed E-state index contributed by atoms with van der Waals surface area (Å²) in [6.45, 7) is 6.08. The van der Waals surface area contributed by atoms with Crippen molar-refractivity contribution in [3.63, 3.8) is 0 Å². The van der Waals surface area contributed by atoms with Crippen molar-refractivity contribution in [3.8, 4) is 12.1 Å². The first-order valence-corrected chi connectivity index (χ1v) is 6.44. The predicted octanol–water partition coefficient (Wildman–Crippen LogP) is 4.12. The molecule has 0 saturated heterocycles. The maximum atomic E-state index is 9.02. The molecule has 0 amide bonds. The van der Waals surface area contributed by atoms with Crippen molar-refractivity contribution >= 4 is 0 Å². The van der Waals surface area contributed by atoms with E-state index in [2.05, 4.69) is 25.6 Å². The molecule has 1 aliphatic carbocycles. The van der Waals surface area contributed by atoms with Gasteiger partial charge in [0.15, 0.2) is 0 Å². The minimum Gasteiger partial charge on any atom is -0.192 e. The summed E-state index contributed by atoms with van der Waals surface area (Å²) in [6, 6.07) is 4.11. The number of nitriles is 2. The molecule has 0 aromatic heterocycles. The van der Waals surface area contributed by atoms with Crippen molar-refractivity contribution in [3.05, 3.63) is 23.8 Å². The van der Waals surface area contributed by atoms with Gasteiger partial charge in [-0.05, 0) is 43.1 Å². The average Bonchev–Trinajstić information content (AvgIpc) is 2.38. The maximum absolute atomic E-state index is 9.02. The van der Waals surface area contributed by atoms with Crippen LogP contribution in [0.3, 0.4) is 0 Å². The number of rotatable bonds is 4. The van der Waals surface area contributed by atoms with Crippen molar-refractivity contribution in [1.82, 2.24) is 0 Å². The molecule has 0 heterocycles. The van der Waals surface area contributed by atoms with Gasteiger partial charge in [-0.25, -0.2) is 0 Å². The predicted molar refractivity (Wildman–Crippen MR) is 68.8 cm³/mol. The molecule has 0 aromatic carbocycles. The summed E-state index contributed by atoms with van der Waals surface area (Å²) in [7, 11) is 0. The van der Waals surface area contributed by atoms with Gasteiger partial charge in [0.2, 0.25) is 0 Å². The molecule has 17 heavy (non-hydrogen) atoms. The summed E-state index contributed by atoms with van der Waals surface area (Å²) in [6.07, 6.45) is 8.54. The Morgan fingerprint density at radius 1 is 1.47 bits per heavy atom. The zero-order chi connectivity index (χ0) is 12.7. The van der Waals surface area contributed by atoms with E-state index in [1.54, 1.807) is 0 Å². The Hall–Kier alpha value is -1.54. The van der Waals surface area contributed by atoms with Gasteiger partial charge in [0.1, 0.15) is 17.7 Å². The Labute approximate surface area is 104 Å². The molecule has 0 aromatic rings. The Bertz CT molecular complexity index is 363. The number of hydrogen-bond acceptors (Lipinski definition) is 2. The first-order valence-electron chi connectivity index (χ1n) is 6.44. The minimum absolute atomic E-state index is 0.345. The van der Waals surface area contributed by atoms with E-state index in [4.69, 9.17) is 10.5 Å². The van der Waals surface area contributed by atoms with Crippen LogP contribution in [0.15, 0.2) is 23.8 Å². The summed E-state index contributed by atoms with van der Waals surface area (Å²) < 4.78 is 0. The van der Waals surface area contributed by atoms with Gasteiger partial charge in [0.25, 0.3) is 0 Å². The molecule has 1 unspecified atom stereocenters. The Balaban J connectivity index is 3.02.